The standard InChI is InChI=1S/C21H21ClN4O2/c1-12-6-5-7-17(14(12)3)25-21-23-13(2)10-18(26-21)20(27)24-15-8-9-19(28-4)16(22)11-15/h5-11H,1-4H3,(H,24,27)(H,23,25,26). The first kappa shape index (κ1) is 19.6. The van der Waals surface area contributed by atoms with Gasteiger partial charge in [0.15, 0.2) is 0 Å². The zero-order chi connectivity index (χ0) is 20.3. The molecule has 1 heterocycles. The van der Waals surface area contributed by atoms with Gasteiger partial charge in [-0.3, -0.25) is 4.79 Å². The maximum Gasteiger partial charge on any atom is 0.274 e. The average Bonchev–Trinajstić information content (AvgIpc) is 2.65. The van der Waals surface area contributed by atoms with Crippen LogP contribution in [0.3, 0.4) is 0 Å². The first-order valence-electron chi connectivity index (χ1n) is 8.71. The van der Waals surface area contributed by atoms with E-state index in [1.54, 1.807) is 24.3 Å². The number of anilines is 3. The lowest BCUT2D eigenvalue weighted by Gasteiger charge is -2.12. The van der Waals surface area contributed by atoms with E-state index in [1.807, 2.05) is 39.0 Å². The average molecular weight is 397 g/mol. The molecule has 0 atom stereocenters. The molecule has 3 aromatic rings. The minimum absolute atomic E-state index is 0.257. The first-order valence-corrected chi connectivity index (χ1v) is 9.09. The van der Waals surface area contributed by atoms with Gasteiger partial charge < -0.3 is 15.4 Å². The van der Waals surface area contributed by atoms with Crippen molar-refractivity contribution in [1.82, 2.24) is 9.97 Å². The van der Waals surface area contributed by atoms with E-state index in [1.165, 1.54) is 7.11 Å². The fourth-order valence-electron chi connectivity index (χ4n) is 2.69. The summed E-state index contributed by atoms with van der Waals surface area (Å²) in [4.78, 5) is 21.4. The fourth-order valence-corrected chi connectivity index (χ4v) is 2.94. The number of carbonyl (C=O) groups is 1. The molecule has 28 heavy (non-hydrogen) atoms. The Morgan fingerprint density at radius 1 is 1.07 bits per heavy atom. The number of amides is 1. The van der Waals surface area contributed by atoms with Crippen molar-refractivity contribution in [2.75, 3.05) is 17.7 Å². The molecule has 7 heteroatoms. The second kappa shape index (κ2) is 8.27. The van der Waals surface area contributed by atoms with Crippen LogP contribution in [0.25, 0.3) is 0 Å². The van der Waals surface area contributed by atoms with Crippen molar-refractivity contribution in [3.63, 3.8) is 0 Å². The quantitative estimate of drug-likeness (QED) is 0.630. The van der Waals surface area contributed by atoms with E-state index < -0.39 is 0 Å². The smallest absolute Gasteiger partial charge is 0.274 e. The molecular weight excluding hydrogens is 376 g/mol. The molecule has 2 N–H and O–H groups in total. The van der Waals surface area contributed by atoms with E-state index in [0.29, 0.717) is 28.1 Å². The third-order valence-corrected chi connectivity index (χ3v) is 4.64. The van der Waals surface area contributed by atoms with Gasteiger partial charge in [-0.25, -0.2) is 9.97 Å². The maximum absolute atomic E-state index is 12.7. The van der Waals surface area contributed by atoms with Gasteiger partial charge in [-0.05, 0) is 62.2 Å². The Morgan fingerprint density at radius 3 is 2.57 bits per heavy atom. The molecule has 1 aromatic heterocycles. The predicted molar refractivity (Wildman–Crippen MR) is 112 cm³/mol. The van der Waals surface area contributed by atoms with Gasteiger partial charge >= 0.3 is 0 Å². The summed E-state index contributed by atoms with van der Waals surface area (Å²) in [6, 6.07) is 12.6. The number of nitrogens with zero attached hydrogens (tertiary/aromatic N) is 2. The Morgan fingerprint density at radius 2 is 1.86 bits per heavy atom. The monoisotopic (exact) mass is 396 g/mol. The lowest BCUT2D eigenvalue weighted by atomic mass is 10.1. The van der Waals surface area contributed by atoms with Crippen molar-refractivity contribution in [3.05, 3.63) is 70.0 Å². The van der Waals surface area contributed by atoms with Crippen molar-refractivity contribution < 1.29 is 9.53 Å². The summed E-state index contributed by atoms with van der Waals surface area (Å²) in [6.07, 6.45) is 0. The Kier molecular flexibility index (Phi) is 5.80. The van der Waals surface area contributed by atoms with Crippen LogP contribution >= 0.6 is 11.6 Å². The van der Waals surface area contributed by atoms with Gasteiger partial charge in [0.1, 0.15) is 11.4 Å². The number of methoxy groups -OCH3 is 1. The van der Waals surface area contributed by atoms with E-state index in [-0.39, 0.29) is 11.6 Å². The van der Waals surface area contributed by atoms with Crippen LogP contribution in [0.5, 0.6) is 5.75 Å². The highest BCUT2D eigenvalue weighted by atomic mass is 35.5. The molecule has 0 fully saturated rings. The summed E-state index contributed by atoms with van der Waals surface area (Å²) in [5.74, 6) is 0.555. The van der Waals surface area contributed by atoms with Crippen LogP contribution in [-0.4, -0.2) is 23.0 Å². The molecule has 144 valence electrons. The number of nitrogens with one attached hydrogen (secondary N) is 2. The van der Waals surface area contributed by atoms with Gasteiger partial charge in [-0.1, -0.05) is 23.7 Å². The van der Waals surface area contributed by atoms with Crippen molar-refractivity contribution >= 4 is 34.8 Å². The zero-order valence-corrected chi connectivity index (χ0v) is 16.9. The van der Waals surface area contributed by atoms with Gasteiger partial charge in [-0.2, -0.15) is 0 Å². The van der Waals surface area contributed by atoms with Crippen LogP contribution in [0.4, 0.5) is 17.3 Å². The van der Waals surface area contributed by atoms with Crippen LogP contribution in [0.1, 0.15) is 27.3 Å². The number of aryl methyl sites for hydroxylation is 2. The molecule has 0 aliphatic rings. The molecule has 0 aliphatic carbocycles. The number of ether oxygens (including phenoxy) is 1. The molecule has 0 saturated heterocycles. The molecule has 0 radical (unpaired) electrons. The fraction of sp³-hybridized carbons (Fsp3) is 0.190. The maximum atomic E-state index is 12.7. The van der Waals surface area contributed by atoms with Crippen LogP contribution in [0.15, 0.2) is 42.5 Å². The van der Waals surface area contributed by atoms with Crippen LogP contribution in [0.2, 0.25) is 5.02 Å². The van der Waals surface area contributed by atoms with Crippen molar-refractivity contribution in [1.29, 1.82) is 0 Å². The van der Waals surface area contributed by atoms with E-state index >= 15 is 0 Å². The topological polar surface area (TPSA) is 76.1 Å². The third kappa shape index (κ3) is 4.40. The summed E-state index contributed by atoms with van der Waals surface area (Å²) >= 11 is 6.12. The van der Waals surface area contributed by atoms with Crippen molar-refractivity contribution in [3.8, 4) is 5.75 Å². The number of rotatable bonds is 5. The minimum atomic E-state index is -0.351. The van der Waals surface area contributed by atoms with Gasteiger partial charge in [0.2, 0.25) is 5.95 Å². The van der Waals surface area contributed by atoms with Gasteiger partial charge in [-0.15, -0.1) is 0 Å². The summed E-state index contributed by atoms with van der Waals surface area (Å²) in [5.41, 5.74) is 4.65. The van der Waals surface area contributed by atoms with Crippen LogP contribution < -0.4 is 15.4 Å². The number of aromatic nitrogens is 2. The van der Waals surface area contributed by atoms with Crippen LogP contribution in [0, 0.1) is 20.8 Å². The molecule has 0 aliphatic heterocycles. The lowest BCUT2D eigenvalue weighted by molar-refractivity contribution is 0.102. The molecule has 0 spiro atoms. The number of halogens is 1. The highest BCUT2D eigenvalue weighted by Gasteiger charge is 2.13. The van der Waals surface area contributed by atoms with E-state index in [0.717, 1.165) is 16.8 Å². The third-order valence-electron chi connectivity index (χ3n) is 4.35. The normalized spacial score (nSPS) is 10.5. The first-order chi connectivity index (χ1) is 13.4. The Hall–Kier alpha value is -3.12. The van der Waals surface area contributed by atoms with Gasteiger partial charge in [0.05, 0.1) is 12.1 Å². The number of hydrogen-bond donors (Lipinski definition) is 2. The Labute approximate surface area is 168 Å². The summed E-state index contributed by atoms with van der Waals surface area (Å²) in [5, 5.41) is 6.40. The largest absolute Gasteiger partial charge is 0.495 e. The summed E-state index contributed by atoms with van der Waals surface area (Å²) in [7, 11) is 1.54. The summed E-state index contributed by atoms with van der Waals surface area (Å²) in [6.45, 7) is 5.88. The SMILES string of the molecule is COc1ccc(NC(=O)c2cc(C)nc(Nc3cccc(C)c3C)n2)cc1Cl. The number of hydrogen-bond acceptors (Lipinski definition) is 5. The van der Waals surface area contributed by atoms with E-state index in [9.17, 15) is 4.79 Å². The molecular formula is C21H21ClN4O2. The second-order valence-corrected chi connectivity index (χ2v) is 6.80. The Bertz CT molecular complexity index is 1040. The summed E-state index contributed by atoms with van der Waals surface area (Å²) < 4.78 is 5.12. The van der Waals surface area contributed by atoms with Gasteiger partial charge in [0.25, 0.3) is 5.91 Å². The predicted octanol–water partition coefficient (Wildman–Crippen LogP) is 5.06. The van der Waals surface area contributed by atoms with Gasteiger partial charge in [0, 0.05) is 17.1 Å². The number of benzene rings is 2. The lowest BCUT2D eigenvalue weighted by Crippen LogP contribution is -2.15. The molecule has 2 aromatic carbocycles. The van der Waals surface area contributed by atoms with Crippen molar-refractivity contribution in [2.45, 2.75) is 20.8 Å². The number of carbonyl (C=O) groups excluding carboxylic acids is 1. The Balaban J connectivity index is 1.83. The van der Waals surface area contributed by atoms with Crippen LogP contribution in [-0.2, 0) is 0 Å². The minimum Gasteiger partial charge on any atom is -0.495 e. The molecule has 0 saturated carbocycles. The van der Waals surface area contributed by atoms with E-state index in [2.05, 4.69) is 20.6 Å². The van der Waals surface area contributed by atoms with E-state index in [4.69, 9.17) is 16.3 Å². The molecule has 1 amide bonds. The highest BCUT2D eigenvalue weighted by Crippen LogP contribution is 2.27. The molecule has 0 unspecified atom stereocenters. The highest BCUT2D eigenvalue weighted by molar-refractivity contribution is 6.32. The zero-order valence-electron chi connectivity index (χ0n) is 16.1. The second-order valence-electron chi connectivity index (χ2n) is 6.39. The molecule has 3 rings (SSSR count). The molecule has 6 nitrogen and oxygen atoms in total. The van der Waals surface area contributed by atoms with Crippen molar-refractivity contribution in [2.24, 2.45) is 0 Å². The molecule has 0 bridgehead atoms.